The van der Waals surface area contributed by atoms with Gasteiger partial charge < -0.3 is 4.74 Å². The summed E-state index contributed by atoms with van der Waals surface area (Å²) in [4.78, 5) is 2.68. The molecule has 1 aromatic carbocycles. The summed E-state index contributed by atoms with van der Waals surface area (Å²) < 4.78 is 5.86. The van der Waals surface area contributed by atoms with Gasteiger partial charge in [-0.05, 0) is 51.0 Å². The van der Waals surface area contributed by atoms with Crippen molar-refractivity contribution < 1.29 is 4.74 Å². The van der Waals surface area contributed by atoms with Gasteiger partial charge in [-0.3, -0.25) is 4.90 Å². The first-order chi connectivity index (χ1) is 9.72. The first-order valence-electron chi connectivity index (χ1n) is 8.17. The van der Waals surface area contributed by atoms with Crippen LogP contribution in [0, 0.1) is 0 Å². The maximum absolute atomic E-state index is 5.86. The van der Waals surface area contributed by atoms with Crippen molar-refractivity contribution in [2.45, 2.75) is 63.7 Å². The molecule has 0 unspecified atom stereocenters. The molecule has 2 heteroatoms. The Morgan fingerprint density at radius 1 is 0.900 bits per heavy atom. The zero-order valence-corrected chi connectivity index (χ0v) is 12.8. The van der Waals surface area contributed by atoms with Crippen molar-refractivity contribution >= 4 is 0 Å². The normalized spacial score (nSPS) is 35.9. The van der Waals surface area contributed by atoms with Gasteiger partial charge in [-0.25, -0.2) is 0 Å². The Kier molecular flexibility index (Phi) is 4.42. The highest BCUT2D eigenvalue weighted by Crippen LogP contribution is 2.35. The van der Waals surface area contributed by atoms with E-state index in [1.165, 1.54) is 31.2 Å². The molecular weight excluding hydrogens is 246 g/mol. The van der Waals surface area contributed by atoms with Gasteiger partial charge in [-0.2, -0.15) is 0 Å². The maximum Gasteiger partial charge on any atom is 0.0678 e. The van der Waals surface area contributed by atoms with Gasteiger partial charge in [-0.1, -0.05) is 30.3 Å². The van der Waals surface area contributed by atoms with Crippen molar-refractivity contribution in [2.75, 3.05) is 13.1 Å². The summed E-state index contributed by atoms with van der Waals surface area (Å²) in [5, 5.41) is 0. The Balaban J connectivity index is 1.56. The van der Waals surface area contributed by atoms with Gasteiger partial charge in [0.05, 0.1) is 12.2 Å². The quantitative estimate of drug-likeness (QED) is 0.812. The van der Waals surface area contributed by atoms with Crippen molar-refractivity contribution in [3.63, 3.8) is 0 Å². The molecule has 1 aliphatic carbocycles. The van der Waals surface area contributed by atoms with Crippen LogP contribution in [0.1, 0.15) is 51.0 Å². The third-order valence-electron chi connectivity index (χ3n) is 4.93. The molecule has 1 heterocycles. The highest BCUT2D eigenvalue weighted by Gasteiger charge is 2.31. The molecule has 1 saturated carbocycles. The maximum atomic E-state index is 5.86. The summed E-state index contributed by atoms with van der Waals surface area (Å²) >= 11 is 0. The highest BCUT2D eigenvalue weighted by molar-refractivity contribution is 5.20. The topological polar surface area (TPSA) is 12.5 Å². The number of nitrogens with zero attached hydrogens (tertiary/aromatic N) is 1. The summed E-state index contributed by atoms with van der Waals surface area (Å²) in [7, 11) is 0. The van der Waals surface area contributed by atoms with Gasteiger partial charge in [0.25, 0.3) is 0 Å². The number of rotatable bonds is 2. The largest absolute Gasteiger partial charge is 0.373 e. The van der Waals surface area contributed by atoms with Crippen molar-refractivity contribution in [2.24, 2.45) is 0 Å². The zero-order valence-electron chi connectivity index (χ0n) is 12.8. The molecule has 0 aromatic heterocycles. The molecule has 0 N–H and O–H groups in total. The van der Waals surface area contributed by atoms with Crippen LogP contribution in [-0.4, -0.2) is 36.2 Å². The van der Waals surface area contributed by atoms with Crippen LogP contribution < -0.4 is 0 Å². The predicted molar refractivity (Wildman–Crippen MR) is 83.0 cm³/mol. The second-order valence-electron chi connectivity index (χ2n) is 6.63. The van der Waals surface area contributed by atoms with Crippen molar-refractivity contribution in [3.8, 4) is 0 Å². The van der Waals surface area contributed by atoms with E-state index >= 15 is 0 Å². The summed E-state index contributed by atoms with van der Waals surface area (Å²) in [6, 6.07) is 11.8. The van der Waals surface area contributed by atoms with E-state index in [1.54, 1.807) is 0 Å². The minimum absolute atomic E-state index is 0.394. The van der Waals surface area contributed by atoms with Crippen molar-refractivity contribution in [1.82, 2.24) is 4.90 Å². The molecule has 2 fully saturated rings. The Labute approximate surface area is 123 Å². The molecule has 110 valence electrons. The van der Waals surface area contributed by atoms with Crippen LogP contribution in [0.15, 0.2) is 30.3 Å². The van der Waals surface area contributed by atoms with Gasteiger partial charge in [0.1, 0.15) is 0 Å². The van der Waals surface area contributed by atoms with Crippen LogP contribution in [0.5, 0.6) is 0 Å². The summed E-state index contributed by atoms with van der Waals surface area (Å²) in [5.74, 6) is 0.781. The lowest BCUT2D eigenvalue weighted by molar-refractivity contribution is -0.0844. The van der Waals surface area contributed by atoms with Gasteiger partial charge >= 0.3 is 0 Å². The summed E-state index contributed by atoms with van der Waals surface area (Å²) in [6.45, 7) is 6.65. The molecule has 3 rings (SSSR count). The molecule has 1 aromatic rings. The number of hydrogen-bond donors (Lipinski definition) is 0. The van der Waals surface area contributed by atoms with E-state index < -0.39 is 0 Å². The second kappa shape index (κ2) is 6.28. The van der Waals surface area contributed by atoms with Gasteiger partial charge in [-0.15, -0.1) is 0 Å². The minimum Gasteiger partial charge on any atom is -0.373 e. The summed E-state index contributed by atoms with van der Waals surface area (Å²) in [5.41, 5.74) is 1.54. The predicted octanol–water partition coefficient (Wildman–Crippen LogP) is 3.82. The van der Waals surface area contributed by atoms with Gasteiger partial charge in [0, 0.05) is 19.1 Å². The molecule has 0 amide bonds. The number of ether oxygens (including phenoxy) is 1. The van der Waals surface area contributed by atoms with Crippen molar-refractivity contribution in [3.05, 3.63) is 35.9 Å². The lowest BCUT2D eigenvalue weighted by Gasteiger charge is -2.43. The van der Waals surface area contributed by atoms with E-state index in [0.717, 1.165) is 25.0 Å². The Hall–Kier alpha value is -0.860. The first-order valence-corrected chi connectivity index (χ1v) is 8.17. The Bertz CT molecular complexity index is 401. The first kappa shape index (κ1) is 14.1. The third kappa shape index (κ3) is 3.24. The monoisotopic (exact) mass is 273 g/mol. The van der Waals surface area contributed by atoms with E-state index in [-0.39, 0.29) is 0 Å². The van der Waals surface area contributed by atoms with Crippen LogP contribution in [-0.2, 0) is 4.74 Å². The second-order valence-corrected chi connectivity index (χ2v) is 6.63. The number of benzene rings is 1. The molecule has 1 saturated heterocycles. The smallest absolute Gasteiger partial charge is 0.0678 e. The van der Waals surface area contributed by atoms with E-state index in [9.17, 15) is 0 Å². The van der Waals surface area contributed by atoms with E-state index in [1.807, 2.05) is 0 Å². The average Bonchev–Trinajstić information content (AvgIpc) is 2.47. The zero-order chi connectivity index (χ0) is 13.9. The highest BCUT2D eigenvalue weighted by atomic mass is 16.5. The minimum atomic E-state index is 0.394. The SMILES string of the molecule is C[C@H]1CN(C2CCC(c3ccccc3)CC2)C[C@H](C)O1. The van der Waals surface area contributed by atoms with Crippen LogP contribution in [0.25, 0.3) is 0 Å². The number of morpholine rings is 1. The molecular formula is C18H27NO. The molecule has 2 atom stereocenters. The fourth-order valence-electron chi connectivity index (χ4n) is 4.02. The molecule has 0 radical (unpaired) electrons. The lowest BCUT2D eigenvalue weighted by atomic mass is 9.81. The molecule has 20 heavy (non-hydrogen) atoms. The standard InChI is InChI=1S/C18H27NO/c1-14-12-19(13-15(2)20-14)18-10-8-17(9-11-18)16-6-4-3-5-7-16/h3-7,14-15,17-18H,8-13H2,1-2H3/t14-,15-,17?,18?/m0/s1. The van der Waals surface area contributed by atoms with E-state index in [2.05, 4.69) is 49.1 Å². The van der Waals surface area contributed by atoms with Crippen molar-refractivity contribution in [1.29, 1.82) is 0 Å². The Morgan fingerprint density at radius 3 is 2.10 bits per heavy atom. The van der Waals surface area contributed by atoms with Gasteiger partial charge in [0.2, 0.25) is 0 Å². The summed E-state index contributed by atoms with van der Waals surface area (Å²) in [6.07, 6.45) is 6.16. The van der Waals surface area contributed by atoms with Crippen LogP contribution in [0.3, 0.4) is 0 Å². The molecule has 0 spiro atoms. The molecule has 0 bridgehead atoms. The fraction of sp³-hybridized carbons (Fsp3) is 0.667. The fourth-order valence-corrected chi connectivity index (χ4v) is 4.02. The Morgan fingerprint density at radius 2 is 1.50 bits per heavy atom. The van der Waals surface area contributed by atoms with E-state index in [0.29, 0.717) is 12.2 Å². The van der Waals surface area contributed by atoms with Crippen LogP contribution in [0.2, 0.25) is 0 Å². The lowest BCUT2D eigenvalue weighted by Crippen LogP contribution is -2.50. The third-order valence-corrected chi connectivity index (χ3v) is 4.93. The van der Waals surface area contributed by atoms with E-state index in [4.69, 9.17) is 4.74 Å². The number of hydrogen-bond acceptors (Lipinski definition) is 2. The molecule has 2 nitrogen and oxygen atoms in total. The molecule has 2 aliphatic rings. The molecule has 1 aliphatic heterocycles. The van der Waals surface area contributed by atoms with Gasteiger partial charge in [0.15, 0.2) is 0 Å². The average molecular weight is 273 g/mol. The van der Waals surface area contributed by atoms with Crippen LogP contribution in [0.4, 0.5) is 0 Å². The van der Waals surface area contributed by atoms with Crippen LogP contribution >= 0.6 is 0 Å².